The minimum absolute atomic E-state index is 0.327. The van der Waals surface area contributed by atoms with Gasteiger partial charge in [-0.15, -0.1) is 0 Å². The molecule has 2 unspecified atom stereocenters. The first-order chi connectivity index (χ1) is 7.72. The molecule has 0 saturated carbocycles. The van der Waals surface area contributed by atoms with Gasteiger partial charge in [-0.1, -0.05) is 6.92 Å². The summed E-state index contributed by atoms with van der Waals surface area (Å²) in [6.45, 7) is 11.3. The van der Waals surface area contributed by atoms with Crippen LogP contribution in [0.4, 0.5) is 0 Å². The molecule has 2 heterocycles. The van der Waals surface area contributed by atoms with Gasteiger partial charge in [0.25, 0.3) is 0 Å². The number of hydrogen-bond acceptors (Lipinski definition) is 3. The summed E-state index contributed by atoms with van der Waals surface area (Å²) in [5, 5.41) is 3.64. The molecule has 1 N–H and O–H groups in total. The number of nitrogens with zero attached hydrogens (tertiary/aromatic N) is 1. The molecule has 0 radical (unpaired) electrons. The Morgan fingerprint density at radius 1 is 1.50 bits per heavy atom. The van der Waals surface area contributed by atoms with Gasteiger partial charge in [0.15, 0.2) is 0 Å². The van der Waals surface area contributed by atoms with E-state index in [9.17, 15) is 0 Å². The molecule has 0 aromatic rings. The highest BCUT2D eigenvalue weighted by molar-refractivity contribution is 4.90. The number of nitrogens with one attached hydrogen (secondary N) is 1. The Morgan fingerprint density at radius 3 is 3.06 bits per heavy atom. The Balaban J connectivity index is 1.80. The molecule has 0 amide bonds. The van der Waals surface area contributed by atoms with Crippen molar-refractivity contribution in [3.05, 3.63) is 0 Å². The summed E-state index contributed by atoms with van der Waals surface area (Å²) in [6, 6.07) is 0. The van der Waals surface area contributed by atoms with Crippen molar-refractivity contribution in [2.45, 2.75) is 38.6 Å². The summed E-state index contributed by atoms with van der Waals surface area (Å²) in [5.41, 5.74) is 0.327. The Kier molecular flexibility index (Phi) is 4.22. The van der Waals surface area contributed by atoms with E-state index >= 15 is 0 Å². The molecule has 3 heteroatoms. The number of rotatable bonds is 3. The van der Waals surface area contributed by atoms with E-state index in [4.69, 9.17) is 4.74 Å². The van der Waals surface area contributed by atoms with Crippen LogP contribution in [0.2, 0.25) is 0 Å². The van der Waals surface area contributed by atoms with Crippen LogP contribution in [0.5, 0.6) is 0 Å². The Morgan fingerprint density at radius 2 is 2.38 bits per heavy atom. The van der Waals surface area contributed by atoms with E-state index in [0.29, 0.717) is 5.54 Å². The second-order valence-electron chi connectivity index (χ2n) is 5.66. The van der Waals surface area contributed by atoms with E-state index in [2.05, 4.69) is 24.1 Å². The third-order valence-corrected chi connectivity index (χ3v) is 4.10. The largest absolute Gasteiger partial charge is 0.381 e. The fraction of sp³-hybridized carbons (Fsp3) is 1.00. The average Bonchev–Trinajstić information content (AvgIpc) is 2.30. The summed E-state index contributed by atoms with van der Waals surface area (Å²) < 4.78 is 5.56. The fourth-order valence-corrected chi connectivity index (χ4v) is 2.85. The third-order valence-electron chi connectivity index (χ3n) is 4.10. The van der Waals surface area contributed by atoms with Crippen molar-refractivity contribution >= 4 is 0 Å². The summed E-state index contributed by atoms with van der Waals surface area (Å²) in [5.74, 6) is 0.771. The van der Waals surface area contributed by atoms with Gasteiger partial charge in [-0.25, -0.2) is 0 Å². The highest BCUT2D eigenvalue weighted by Crippen LogP contribution is 2.19. The van der Waals surface area contributed by atoms with Gasteiger partial charge in [-0.05, 0) is 32.1 Å². The van der Waals surface area contributed by atoms with Crippen molar-refractivity contribution in [1.29, 1.82) is 0 Å². The molecule has 16 heavy (non-hydrogen) atoms. The summed E-state index contributed by atoms with van der Waals surface area (Å²) in [7, 11) is 0. The van der Waals surface area contributed by atoms with Crippen LogP contribution >= 0.6 is 0 Å². The van der Waals surface area contributed by atoms with Crippen LogP contribution in [0.3, 0.4) is 0 Å². The van der Waals surface area contributed by atoms with Crippen LogP contribution in [0, 0.1) is 5.92 Å². The monoisotopic (exact) mass is 226 g/mol. The first-order valence-corrected chi connectivity index (χ1v) is 6.77. The van der Waals surface area contributed by atoms with Crippen molar-refractivity contribution in [3.63, 3.8) is 0 Å². The van der Waals surface area contributed by atoms with Gasteiger partial charge in [-0.3, -0.25) is 4.90 Å². The molecule has 2 atom stereocenters. The molecule has 94 valence electrons. The highest BCUT2D eigenvalue weighted by atomic mass is 16.5. The first-order valence-electron chi connectivity index (χ1n) is 6.77. The smallest absolute Gasteiger partial charge is 0.0506 e. The molecule has 2 aliphatic rings. The highest BCUT2D eigenvalue weighted by Gasteiger charge is 2.29. The van der Waals surface area contributed by atoms with Crippen molar-refractivity contribution in [1.82, 2.24) is 10.2 Å². The Bertz CT molecular complexity index is 216. The van der Waals surface area contributed by atoms with Crippen molar-refractivity contribution in [2.75, 3.05) is 39.4 Å². The number of ether oxygens (including phenoxy) is 1. The average molecular weight is 226 g/mol. The second-order valence-corrected chi connectivity index (χ2v) is 5.66. The predicted octanol–water partition coefficient (Wildman–Crippen LogP) is 1.49. The topological polar surface area (TPSA) is 24.5 Å². The number of piperazine rings is 1. The maximum atomic E-state index is 5.56. The van der Waals surface area contributed by atoms with E-state index in [1.165, 1.54) is 38.9 Å². The lowest BCUT2D eigenvalue weighted by molar-refractivity contribution is 0.0277. The molecule has 2 fully saturated rings. The summed E-state index contributed by atoms with van der Waals surface area (Å²) in [6.07, 6.45) is 3.82. The molecule has 3 nitrogen and oxygen atoms in total. The van der Waals surface area contributed by atoms with Gasteiger partial charge >= 0.3 is 0 Å². The van der Waals surface area contributed by atoms with E-state index in [1.54, 1.807) is 0 Å². The summed E-state index contributed by atoms with van der Waals surface area (Å²) >= 11 is 0. The molecule has 0 aromatic carbocycles. The van der Waals surface area contributed by atoms with Gasteiger partial charge in [0, 0.05) is 38.3 Å². The molecule has 0 aliphatic carbocycles. The molecule has 2 saturated heterocycles. The second kappa shape index (κ2) is 5.48. The lowest BCUT2D eigenvalue weighted by atomic mass is 9.94. The zero-order chi connectivity index (χ0) is 11.4. The SMILES string of the molecule is CCC1(C)CN(CC2CCCOC2)CCN1. The van der Waals surface area contributed by atoms with E-state index in [-0.39, 0.29) is 0 Å². The van der Waals surface area contributed by atoms with Crippen LogP contribution in [0.25, 0.3) is 0 Å². The van der Waals surface area contributed by atoms with Crippen molar-refractivity contribution in [3.8, 4) is 0 Å². The zero-order valence-corrected chi connectivity index (χ0v) is 10.8. The van der Waals surface area contributed by atoms with E-state index in [0.717, 1.165) is 25.7 Å². The normalized spacial score (nSPS) is 37.5. The molecule has 0 bridgehead atoms. The van der Waals surface area contributed by atoms with Gasteiger partial charge < -0.3 is 10.1 Å². The standard InChI is InChI=1S/C13H26N2O/c1-3-13(2)11-15(7-6-14-13)9-12-5-4-8-16-10-12/h12,14H,3-11H2,1-2H3. The molecule has 0 aromatic heterocycles. The Labute approximate surface area is 99.5 Å². The fourth-order valence-electron chi connectivity index (χ4n) is 2.85. The number of hydrogen-bond donors (Lipinski definition) is 1. The van der Waals surface area contributed by atoms with Crippen LogP contribution in [0.15, 0.2) is 0 Å². The first kappa shape index (κ1) is 12.3. The molecular formula is C13H26N2O. The Hall–Kier alpha value is -0.120. The predicted molar refractivity (Wildman–Crippen MR) is 66.7 cm³/mol. The van der Waals surface area contributed by atoms with Crippen LogP contribution < -0.4 is 5.32 Å². The zero-order valence-electron chi connectivity index (χ0n) is 10.8. The molecule has 2 aliphatic heterocycles. The maximum absolute atomic E-state index is 5.56. The van der Waals surface area contributed by atoms with Crippen LogP contribution in [0.1, 0.15) is 33.1 Å². The van der Waals surface area contributed by atoms with Crippen LogP contribution in [-0.4, -0.2) is 49.8 Å². The van der Waals surface area contributed by atoms with Gasteiger partial charge in [0.1, 0.15) is 0 Å². The van der Waals surface area contributed by atoms with Gasteiger partial charge in [-0.2, -0.15) is 0 Å². The van der Waals surface area contributed by atoms with Crippen molar-refractivity contribution < 1.29 is 4.74 Å². The minimum Gasteiger partial charge on any atom is -0.381 e. The van der Waals surface area contributed by atoms with Crippen molar-refractivity contribution in [2.24, 2.45) is 5.92 Å². The molecule has 0 spiro atoms. The van der Waals surface area contributed by atoms with E-state index < -0.39 is 0 Å². The van der Waals surface area contributed by atoms with E-state index in [1.807, 2.05) is 0 Å². The quantitative estimate of drug-likeness (QED) is 0.789. The third kappa shape index (κ3) is 3.19. The maximum Gasteiger partial charge on any atom is 0.0506 e. The van der Waals surface area contributed by atoms with Gasteiger partial charge in [0.2, 0.25) is 0 Å². The lowest BCUT2D eigenvalue weighted by Crippen LogP contribution is -2.59. The molecular weight excluding hydrogens is 200 g/mol. The summed E-state index contributed by atoms with van der Waals surface area (Å²) in [4.78, 5) is 2.62. The minimum atomic E-state index is 0.327. The molecule has 2 rings (SSSR count). The van der Waals surface area contributed by atoms with Gasteiger partial charge in [0.05, 0.1) is 6.61 Å². The van der Waals surface area contributed by atoms with Crippen LogP contribution in [-0.2, 0) is 4.74 Å². The lowest BCUT2D eigenvalue weighted by Gasteiger charge is -2.42.